The molecule has 0 bridgehead atoms. The Balaban J connectivity index is 2.24. The minimum Gasteiger partial charge on any atom is -0.469 e. The van der Waals surface area contributed by atoms with Crippen LogP contribution in [0.5, 0.6) is 0 Å². The van der Waals surface area contributed by atoms with Gasteiger partial charge in [0.25, 0.3) is 0 Å². The number of unbranched alkanes of at least 4 members (excludes halogenated alkanes) is 4. The number of hydrogen-bond donors (Lipinski definition) is 0. The quantitative estimate of drug-likeness (QED) is 0.249. The van der Waals surface area contributed by atoms with Crippen LogP contribution in [0, 0.1) is 11.8 Å². The van der Waals surface area contributed by atoms with Crippen molar-refractivity contribution in [2.45, 2.75) is 77.6 Å². The van der Waals surface area contributed by atoms with Crippen molar-refractivity contribution in [3.05, 3.63) is 24.3 Å². The molecule has 2 atom stereocenters. The minimum absolute atomic E-state index is 0.00948. The Hall–Kier alpha value is -1.71. The van der Waals surface area contributed by atoms with Crippen molar-refractivity contribution in [2.24, 2.45) is 11.8 Å². The largest absolute Gasteiger partial charge is 0.469 e. The molecule has 2 unspecified atom stereocenters. The van der Waals surface area contributed by atoms with Gasteiger partial charge in [0.15, 0.2) is 5.78 Å². The second-order valence-electron chi connectivity index (χ2n) is 7.10. The first-order valence-corrected chi connectivity index (χ1v) is 10.0. The van der Waals surface area contributed by atoms with Gasteiger partial charge < -0.3 is 4.74 Å². The van der Waals surface area contributed by atoms with Crippen LogP contribution in [0.3, 0.4) is 0 Å². The third kappa shape index (κ3) is 9.12. The number of ether oxygens (including phenoxy) is 1. The molecule has 0 radical (unpaired) electrons. The van der Waals surface area contributed by atoms with E-state index in [9.17, 15) is 14.4 Å². The Morgan fingerprint density at radius 1 is 1.08 bits per heavy atom. The molecule has 4 heteroatoms. The maximum atomic E-state index is 12.1. The normalized spacial score (nSPS) is 19.4. The number of esters is 1. The van der Waals surface area contributed by atoms with Gasteiger partial charge in [-0.25, -0.2) is 0 Å². The van der Waals surface area contributed by atoms with E-state index < -0.39 is 0 Å². The highest BCUT2D eigenvalue weighted by Gasteiger charge is 2.28. The molecular formula is C22H34O4. The summed E-state index contributed by atoms with van der Waals surface area (Å²) in [6.07, 6.45) is 17.0. The fourth-order valence-corrected chi connectivity index (χ4v) is 3.29. The standard InChI is InChI=1S/C22H34O4/c1-3-4-8-11-19(23)16-14-18-15-17-21(24)20(18)12-9-6-5-7-10-13-22(25)26-2/h6,9,15,17-18,20H,3-5,7-8,10-14,16H2,1-2H3/b9-6-. The van der Waals surface area contributed by atoms with Crippen LogP contribution in [0.25, 0.3) is 0 Å². The summed E-state index contributed by atoms with van der Waals surface area (Å²) in [6.45, 7) is 2.14. The van der Waals surface area contributed by atoms with Gasteiger partial charge in [-0.1, -0.05) is 38.0 Å². The Morgan fingerprint density at radius 3 is 2.58 bits per heavy atom. The topological polar surface area (TPSA) is 60.4 Å². The fourth-order valence-electron chi connectivity index (χ4n) is 3.29. The second kappa shape index (κ2) is 13.5. The number of hydrogen-bond acceptors (Lipinski definition) is 4. The molecule has 0 saturated carbocycles. The average Bonchev–Trinajstić information content (AvgIpc) is 2.99. The second-order valence-corrected chi connectivity index (χ2v) is 7.10. The van der Waals surface area contributed by atoms with Crippen LogP contribution < -0.4 is 0 Å². The summed E-state index contributed by atoms with van der Waals surface area (Å²) < 4.78 is 4.61. The average molecular weight is 363 g/mol. The molecule has 0 fully saturated rings. The van der Waals surface area contributed by atoms with Crippen LogP contribution in [0.2, 0.25) is 0 Å². The highest BCUT2D eigenvalue weighted by Crippen LogP contribution is 2.30. The molecule has 146 valence electrons. The molecular weight excluding hydrogens is 328 g/mol. The highest BCUT2D eigenvalue weighted by atomic mass is 16.5. The van der Waals surface area contributed by atoms with Crippen molar-refractivity contribution in [1.29, 1.82) is 0 Å². The lowest BCUT2D eigenvalue weighted by molar-refractivity contribution is -0.140. The van der Waals surface area contributed by atoms with Crippen molar-refractivity contribution >= 4 is 17.5 Å². The van der Waals surface area contributed by atoms with Crippen LogP contribution in [0.1, 0.15) is 77.6 Å². The summed E-state index contributed by atoms with van der Waals surface area (Å²) in [7, 11) is 1.41. The minimum atomic E-state index is -0.163. The first kappa shape index (κ1) is 22.3. The van der Waals surface area contributed by atoms with Crippen LogP contribution in [-0.4, -0.2) is 24.6 Å². The predicted octanol–water partition coefficient (Wildman–Crippen LogP) is 4.97. The van der Waals surface area contributed by atoms with Crippen LogP contribution in [0.4, 0.5) is 0 Å². The van der Waals surface area contributed by atoms with E-state index in [4.69, 9.17) is 0 Å². The van der Waals surface area contributed by atoms with Gasteiger partial charge in [-0.2, -0.15) is 0 Å². The van der Waals surface area contributed by atoms with Crippen LogP contribution in [0.15, 0.2) is 24.3 Å². The molecule has 0 amide bonds. The first-order chi connectivity index (χ1) is 12.6. The van der Waals surface area contributed by atoms with E-state index in [-0.39, 0.29) is 23.6 Å². The first-order valence-electron chi connectivity index (χ1n) is 10.0. The molecule has 0 spiro atoms. The van der Waals surface area contributed by atoms with Gasteiger partial charge in [0.05, 0.1) is 7.11 Å². The molecule has 0 aliphatic heterocycles. The lowest BCUT2D eigenvalue weighted by atomic mass is 9.87. The van der Waals surface area contributed by atoms with E-state index in [1.807, 2.05) is 6.08 Å². The zero-order valence-corrected chi connectivity index (χ0v) is 16.4. The molecule has 0 aromatic heterocycles. The smallest absolute Gasteiger partial charge is 0.305 e. The number of methoxy groups -OCH3 is 1. The molecule has 4 nitrogen and oxygen atoms in total. The lowest BCUT2D eigenvalue weighted by Crippen LogP contribution is -2.16. The Bertz CT molecular complexity index is 504. The van der Waals surface area contributed by atoms with E-state index in [0.29, 0.717) is 25.0 Å². The van der Waals surface area contributed by atoms with Gasteiger partial charge >= 0.3 is 5.97 Å². The van der Waals surface area contributed by atoms with Crippen molar-refractivity contribution in [1.82, 2.24) is 0 Å². The summed E-state index contributed by atoms with van der Waals surface area (Å²) in [4.78, 5) is 35.0. The summed E-state index contributed by atoms with van der Waals surface area (Å²) in [6, 6.07) is 0. The van der Waals surface area contributed by atoms with Crippen LogP contribution >= 0.6 is 0 Å². The number of Topliss-reactive ketones (excluding diaryl/α,β-unsaturated/α-hetero) is 1. The molecule has 1 aliphatic rings. The summed E-state index contributed by atoms with van der Waals surface area (Å²) in [5, 5.41) is 0. The number of carbonyl (C=O) groups excluding carboxylic acids is 3. The fraction of sp³-hybridized carbons (Fsp3) is 0.682. The molecule has 26 heavy (non-hydrogen) atoms. The zero-order chi connectivity index (χ0) is 19.2. The summed E-state index contributed by atoms with van der Waals surface area (Å²) in [5.74, 6) is 0.532. The molecule has 1 rings (SSSR count). The Labute approximate surface area is 158 Å². The van der Waals surface area contributed by atoms with Crippen molar-refractivity contribution < 1.29 is 19.1 Å². The summed E-state index contributed by atoms with van der Waals surface area (Å²) in [5.41, 5.74) is 0. The SMILES string of the molecule is CCCCCC(=O)CCC1C=CC(=O)C1C/C=C\CCCCC(=O)OC. The van der Waals surface area contributed by atoms with Crippen molar-refractivity contribution in [3.63, 3.8) is 0 Å². The number of allylic oxidation sites excluding steroid dienone is 4. The van der Waals surface area contributed by atoms with Gasteiger partial charge in [0.1, 0.15) is 5.78 Å². The third-order valence-electron chi connectivity index (χ3n) is 4.99. The maximum Gasteiger partial charge on any atom is 0.305 e. The van der Waals surface area contributed by atoms with E-state index in [0.717, 1.165) is 51.4 Å². The molecule has 0 aromatic carbocycles. The molecule has 1 aliphatic carbocycles. The van der Waals surface area contributed by atoms with Crippen molar-refractivity contribution in [3.8, 4) is 0 Å². The van der Waals surface area contributed by atoms with Gasteiger partial charge in [-0.15, -0.1) is 0 Å². The maximum absolute atomic E-state index is 12.1. The number of ketones is 2. The molecule has 0 N–H and O–H groups in total. The van der Waals surface area contributed by atoms with Gasteiger partial charge in [0.2, 0.25) is 0 Å². The van der Waals surface area contributed by atoms with Gasteiger partial charge in [-0.3, -0.25) is 14.4 Å². The van der Waals surface area contributed by atoms with Crippen LogP contribution in [-0.2, 0) is 19.1 Å². The lowest BCUT2D eigenvalue weighted by Gasteiger charge is -2.16. The molecule has 0 heterocycles. The van der Waals surface area contributed by atoms with E-state index >= 15 is 0 Å². The monoisotopic (exact) mass is 362 g/mol. The van der Waals surface area contributed by atoms with E-state index in [1.54, 1.807) is 6.08 Å². The highest BCUT2D eigenvalue weighted by molar-refractivity contribution is 5.94. The van der Waals surface area contributed by atoms with Gasteiger partial charge in [0, 0.05) is 25.2 Å². The van der Waals surface area contributed by atoms with E-state index in [2.05, 4.69) is 23.8 Å². The van der Waals surface area contributed by atoms with Crippen molar-refractivity contribution in [2.75, 3.05) is 7.11 Å². The van der Waals surface area contributed by atoms with E-state index in [1.165, 1.54) is 7.11 Å². The zero-order valence-electron chi connectivity index (χ0n) is 16.4. The Kier molecular flexibility index (Phi) is 11.6. The summed E-state index contributed by atoms with van der Waals surface area (Å²) >= 11 is 0. The number of rotatable bonds is 14. The Morgan fingerprint density at radius 2 is 1.85 bits per heavy atom. The predicted molar refractivity (Wildman–Crippen MR) is 104 cm³/mol. The van der Waals surface area contributed by atoms with Gasteiger partial charge in [-0.05, 0) is 50.5 Å². The molecule has 0 aromatic rings. The number of carbonyl (C=O) groups is 3. The third-order valence-corrected chi connectivity index (χ3v) is 4.99. The molecule has 0 saturated heterocycles.